The highest BCUT2D eigenvalue weighted by Crippen LogP contribution is 2.35. The average Bonchev–Trinajstić information content (AvgIpc) is 3.12. The molecule has 1 atom stereocenters. The van der Waals surface area contributed by atoms with Crippen molar-refractivity contribution >= 4 is 6.03 Å². The second kappa shape index (κ2) is 7.62. The summed E-state index contributed by atoms with van der Waals surface area (Å²) >= 11 is 0. The number of amides is 2. The topological polar surface area (TPSA) is 69.0 Å². The molecule has 7 nitrogen and oxygen atoms in total. The summed E-state index contributed by atoms with van der Waals surface area (Å²) in [6, 6.07) is 7.76. The van der Waals surface area contributed by atoms with Crippen molar-refractivity contribution in [2.24, 2.45) is 0 Å². The molecule has 1 unspecified atom stereocenters. The summed E-state index contributed by atoms with van der Waals surface area (Å²) in [6.45, 7) is 8.27. The lowest BCUT2D eigenvalue weighted by Gasteiger charge is -2.38. The summed E-state index contributed by atoms with van der Waals surface area (Å²) in [5.41, 5.74) is 0.898. The maximum atomic E-state index is 12.4. The fourth-order valence-electron chi connectivity index (χ4n) is 3.32. The Bertz CT molecular complexity index is 661. The predicted molar refractivity (Wildman–Crippen MR) is 92.4 cm³/mol. The van der Waals surface area contributed by atoms with Crippen LogP contribution in [0.5, 0.6) is 11.5 Å². The van der Waals surface area contributed by atoms with Crippen molar-refractivity contribution in [2.45, 2.75) is 19.9 Å². The lowest BCUT2D eigenvalue weighted by atomic mass is 10.0. The molecule has 7 heteroatoms. The fourth-order valence-corrected chi connectivity index (χ4v) is 3.32. The molecule has 0 spiro atoms. The first kappa shape index (κ1) is 17.4. The number of fused-ring (bicyclic) bond motifs is 1. The molecule has 3 rings (SSSR count). The van der Waals surface area contributed by atoms with Gasteiger partial charge < -0.3 is 19.3 Å². The Hall–Kier alpha value is -2.46. The minimum atomic E-state index is -0.347. The third-order valence-corrected chi connectivity index (χ3v) is 4.82. The van der Waals surface area contributed by atoms with Crippen LogP contribution in [-0.2, 0) is 0 Å². The van der Waals surface area contributed by atoms with Crippen LogP contribution in [0.3, 0.4) is 0 Å². The molecule has 0 bridgehead atoms. The smallest absolute Gasteiger partial charge is 0.320 e. The zero-order valence-corrected chi connectivity index (χ0v) is 14.8. The molecule has 1 fully saturated rings. The van der Waals surface area contributed by atoms with Gasteiger partial charge >= 0.3 is 6.03 Å². The Morgan fingerprint density at radius 1 is 1.20 bits per heavy atom. The highest BCUT2D eigenvalue weighted by molar-refractivity contribution is 5.74. The predicted octanol–water partition coefficient (Wildman–Crippen LogP) is 2.06. The van der Waals surface area contributed by atoms with Crippen LogP contribution in [0.2, 0.25) is 0 Å². The van der Waals surface area contributed by atoms with Gasteiger partial charge in [-0.1, -0.05) is 6.07 Å². The fraction of sp³-hybridized carbons (Fsp3) is 0.556. The van der Waals surface area contributed by atoms with Gasteiger partial charge in [0, 0.05) is 39.3 Å². The van der Waals surface area contributed by atoms with Gasteiger partial charge in [-0.25, -0.2) is 4.79 Å². The van der Waals surface area contributed by atoms with E-state index < -0.39 is 0 Å². The monoisotopic (exact) mass is 344 g/mol. The maximum absolute atomic E-state index is 12.4. The van der Waals surface area contributed by atoms with Gasteiger partial charge in [0.1, 0.15) is 6.04 Å². The molecule has 1 saturated heterocycles. The maximum Gasteiger partial charge on any atom is 0.320 e. The zero-order valence-electron chi connectivity index (χ0n) is 14.8. The van der Waals surface area contributed by atoms with Gasteiger partial charge in [-0.3, -0.25) is 4.90 Å². The summed E-state index contributed by atoms with van der Waals surface area (Å²) in [4.78, 5) is 18.3. The second-order valence-electron chi connectivity index (χ2n) is 6.12. The molecule has 25 heavy (non-hydrogen) atoms. The van der Waals surface area contributed by atoms with E-state index in [9.17, 15) is 10.1 Å². The first-order valence-electron chi connectivity index (χ1n) is 8.75. The van der Waals surface area contributed by atoms with Crippen molar-refractivity contribution in [1.82, 2.24) is 14.7 Å². The number of hydrogen-bond donors (Lipinski definition) is 0. The number of carbonyl (C=O) groups excluding carboxylic acids is 1. The summed E-state index contributed by atoms with van der Waals surface area (Å²) in [5.74, 6) is 1.41. The van der Waals surface area contributed by atoms with Crippen LogP contribution in [0.4, 0.5) is 4.79 Å². The number of ether oxygens (including phenoxy) is 2. The van der Waals surface area contributed by atoms with E-state index in [0.717, 1.165) is 11.3 Å². The van der Waals surface area contributed by atoms with Crippen molar-refractivity contribution in [2.75, 3.05) is 46.1 Å². The van der Waals surface area contributed by atoms with Crippen molar-refractivity contribution < 1.29 is 14.3 Å². The minimum Gasteiger partial charge on any atom is -0.454 e. The number of benzene rings is 1. The van der Waals surface area contributed by atoms with Crippen LogP contribution in [0.25, 0.3) is 0 Å². The molecule has 0 saturated carbocycles. The van der Waals surface area contributed by atoms with E-state index in [0.29, 0.717) is 45.0 Å². The lowest BCUT2D eigenvalue weighted by molar-refractivity contribution is 0.104. The van der Waals surface area contributed by atoms with Gasteiger partial charge in [0.05, 0.1) is 6.07 Å². The first-order valence-corrected chi connectivity index (χ1v) is 8.75. The van der Waals surface area contributed by atoms with Crippen LogP contribution < -0.4 is 9.47 Å². The lowest BCUT2D eigenvalue weighted by Crippen LogP contribution is -2.53. The molecule has 2 heterocycles. The molecule has 1 aromatic carbocycles. The van der Waals surface area contributed by atoms with Gasteiger partial charge in [0.2, 0.25) is 6.79 Å². The van der Waals surface area contributed by atoms with Gasteiger partial charge in [-0.05, 0) is 31.5 Å². The van der Waals surface area contributed by atoms with E-state index in [1.54, 1.807) is 0 Å². The highest BCUT2D eigenvalue weighted by Gasteiger charge is 2.29. The highest BCUT2D eigenvalue weighted by atomic mass is 16.7. The molecule has 2 aliphatic heterocycles. The van der Waals surface area contributed by atoms with Gasteiger partial charge in [0.15, 0.2) is 11.5 Å². The van der Waals surface area contributed by atoms with Crippen molar-refractivity contribution in [3.8, 4) is 17.6 Å². The van der Waals surface area contributed by atoms with Crippen LogP contribution in [0.1, 0.15) is 25.5 Å². The summed E-state index contributed by atoms with van der Waals surface area (Å²) in [5, 5.41) is 9.67. The van der Waals surface area contributed by atoms with Gasteiger partial charge in [0.25, 0.3) is 0 Å². The van der Waals surface area contributed by atoms with Crippen LogP contribution >= 0.6 is 0 Å². The van der Waals surface area contributed by atoms with E-state index in [-0.39, 0.29) is 18.9 Å². The summed E-state index contributed by atoms with van der Waals surface area (Å²) < 4.78 is 10.7. The van der Waals surface area contributed by atoms with E-state index in [2.05, 4.69) is 11.0 Å². The number of nitriles is 1. The van der Waals surface area contributed by atoms with E-state index in [1.807, 2.05) is 41.8 Å². The average molecular weight is 344 g/mol. The van der Waals surface area contributed by atoms with Crippen molar-refractivity contribution in [3.63, 3.8) is 0 Å². The Labute approximate surface area is 148 Å². The standard InChI is InChI=1S/C18H24N4O3/c1-3-20(4-2)18(23)22-9-7-21(8-10-22)15(12-19)14-5-6-16-17(11-14)25-13-24-16/h5-6,11,15H,3-4,7-10,13H2,1-2H3. The minimum absolute atomic E-state index is 0.0845. The number of hydrogen-bond acceptors (Lipinski definition) is 5. The molecule has 0 aliphatic carbocycles. The Morgan fingerprint density at radius 3 is 2.52 bits per heavy atom. The number of nitrogens with zero attached hydrogens (tertiary/aromatic N) is 4. The number of rotatable bonds is 4. The number of urea groups is 1. The van der Waals surface area contributed by atoms with Gasteiger partial charge in [-0.15, -0.1) is 0 Å². The molecule has 0 N–H and O–H groups in total. The molecular formula is C18H24N4O3. The summed E-state index contributed by atoms with van der Waals surface area (Å²) in [6.07, 6.45) is 0. The molecule has 2 aliphatic rings. The van der Waals surface area contributed by atoms with E-state index in [4.69, 9.17) is 9.47 Å². The summed E-state index contributed by atoms with van der Waals surface area (Å²) in [7, 11) is 0. The number of carbonyl (C=O) groups is 1. The third-order valence-electron chi connectivity index (χ3n) is 4.82. The SMILES string of the molecule is CCN(CC)C(=O)N1CCN(C(C#N)c2ccc3c(c2)OCO3)CC1. The zero-order chi connectivity index (χ0) is 17.8. The molecule has 134 valence electrons. The Kier molecular flexibility index (Phi) is 5.29. The van der Waals surface area contributed by atoms with E-state index >= 15 is 0 Å². The molecule has 1 aromatic rings. The third kappa shape index (κ3) is 3.49. The largest absolute Gasteiger partial charge is 0.454 e. The van der Waals surface area contributed by atoms with Crippen LogP contribution in [0, 0.1) is 11.3 Å². The molecule has 0 radical (unpaired) electrons. The van der Waals surface area contributed by atoms with Gasteiger partial charge in [-0.2, -0.15) is 5.26 Å². The molecule has 2 amide bonds. The second-order valence-corrected chi connectivity index (χ2v) is 6.12. The molecule has 0 aromatic heterocycles. The molecular weight excluding hydrogens is 320 g/mol. The first-order chi connectivity index (χ1) is 12.2. The normalized spacial score (nSPS) is 17.9. The van der Waals surface area contributed by atoms with Crippen molar-refractivity contribution in [1.29, 1.82) is 5.26 Å². The Balaban J connectivity index is 1.65. The van der Waals surface area contributed by atoms with Crippen molar-refractivity contribution in [3.05, 3.63) is 23.8 Å². The number of piperazine rings is 1. The van der Waals surface area contributed by atoms with Crippen LogP contribution in [0.15, 0.2) is 18.2 Å². The van der Waals surface area contributed by atoms with Crippen LogP contribution in [-0.4, -0.2) is 66.8 Å². The van der Waals surface area contributed by atoms with E-state index in [1.165, 1.54) is 0 Å². The Morgan fingerprint density at radius 2 is 1.88 bits per heavy atom. The quantitative estimate of drug-likeness (QED) is 0.836.